The molecule has 1 aliphatic rings. The maximum Gasteiger partial charge on any atom is 0.404 e. The number of aromatic nitrogens is 1. The lowest BCUT2D eigenvalue weighted by Crippen LogP contribution is -2.38. The molecule has 3 rings (SSSR count). The summed E-state index contributed by atoms with van der Waals surface area (Å²) < 4.78 is 12.3. The number of carbonyl (C=O) groups is 1. The van der Waals surface area contributed by atoms with E-state index in [2.05, 4.69) is 18.3 Å². The van der Waals surface area contributed by atoms with Crippen LogP contribution in [-0.2, 0) is 11.3 Å². The molecule has 1 aliphatic carbocycles. The second-order valence-electron chi connectivity index (χ2n) is 7.47. The first-order valence-corrected chi connectivity index (χ1v) is 10.2. The van der Waals surface area contributed by atoms with Gasteiger partial charge in [-0.25, -0.2) is 9.78 Å². The van der Waals surface area contributed by atoms with Crippen LogP contribution in [0.2, 0.25) is 0 Å². The molecule has 1 amide bonds. The number of ether oxygens (including phenoxy) is 2. The number of hydrogen-bond acceptors (Lipinski definition) is 4. The number of nitrogens with one attached hydrogen (secondary N) is 1. The zero-order valence-corrected chi connectivity index (χ0v) is 16.7. The smallest absolute Gasteiger partial charge is 0.404 e. The summed E-state index contributed by atoms with van der Waals surface area (Å²) in [6.45, 7) is 5.35. The molecule has 1 saturated carbocycles. The van der Waals surface area contributed by atoms with Crippen molar-refractivity contribution in [1.82, 2.24) is 10.3 Å². The van der Waals surface area contributed by atoms with Gasteiger partial charge in [-0.2, -0.15) is 0 Å². The van der Waals surface area contributed by atoms with Crippen molar-refractivity contribution in [3.63, 3.8) is 0 Å². The Hall–Kier alpha value is -2.34. The van der Waals surface area contributed by atoms with Gasteiger partial charge in [-0.15, -0.1) is 0 Å². The lowest BCUT2D eigenvalue weighted by molar-refractivity contribution is 0.00980. The molecule has 2 aromatic rings. The van der Waals surface area contributed by atoms with E-state index in [1.807, 2.05) is 25.1 Å². The fourth-order valence-electron chi connectivity index (χ4n) is 3.72. The molecule has 2 N–H and O–H groups in total. The average Bonchev–Trinajstić information content (AvgIpc) is 2.69. The molecule has 0 bridgehead atoms. The summed E-state index contributed by atoms with van der Waals surface area (Å²) in [6, 6.07) is 8.10. The quantitative estimate of drug-likeness (QED) is 0.636. The number of rotatable bonds is 8. The van der Waals surface area contributed by atoms with Gasteiger partial charge < -0.3 is 19.9 Å². The van der Waals surface area contributed by atoms with Gasteiger partial charge in [-0.05, 0) is 51.2 Å². The van der Waals surface area contributed by atoms with Crippen LogP contribution in [0.3, 0.4) is 0 Å². The predicted octanol–water partition coefficient (Wildman–Crippen LogP) is 4.82. The van der Waals surface area contributed by atoms with E-state index in [1.54, 1.807) is 0 Å². The van der Waals surface area contributed by atoms with Crippen molar-refractivity contribution in [1.29, 1.82) is 0 Å². The molecule has 6 heteroatoms. The van der Waals surface area contributed by atoms with Crippen LogP contribution in [0.15, 0.2) is 24.3 Å². The van der Waals surface area contributed by atoms with Crippen LogP contribution in [0.1, 0.15) is 56.7 Å². The summed E-state index contributed by atoms with van der Waals surface area (Å²) in [5.74, 6) is 0.909. The molecule has 28 heavy (non-hydrogen) atoms. The first kappa shape index (κ1) is 20.4. The van der Waals surface area contributed by atoms with Crippen LogP contribution in [0.4, 0.5) is 4.79 Å². The molecule has 0 spiro atoms. The fourth-order valence-corrected chi connectivity index (χ4v) is 3.72. The molecule has 0 saturated heterocycles. The molecule has 0 aliphatic heterocycles. The van der Waals surface area contributed by atoms with Crippen molar-refractivity contribution in [2.24, 2.45) is 0 Å². The van der Waals surface area contributed by atoms with Crippen molar-refractivity contribution in [3.8, 4) is 5.75 Å². The monoisotopic (exact) mass is 386 g/mol. The Bertz CT molecular complexity index is 800. The number of carboxylic acid groups (broad SMARTS) is 1. The largest absolute Gasteiger partial charge is 0.493 e. The molecule has 1 heterocycles. The molecule has 0 unspecified atom stereocenters. The van der Waals surface area contributed by atoms with Gasteiger partial charge in [-0.1, -0.05) is 25.5 Å². The number of nitrogens with zero attached hydrogens (tertiary/aromatic N) is 1. The van der Waals surface area contributed by atoms with Gasteiger partial charge in [0.15, 0.2) is 0 Å². The topological polar surface area (TPSA) is 80.7 Å². The highest BCUT2D eigenvalue weighted by molar-refractivity contribution is 5.86. The number of benzene rings is 1. The van der Waals surface area contributed by atoms with Gasteiger partial charge in [0.25, 0.3) is 0 Å². The molecule has 1 aromatic heterocycles. The zero-order chi connectivity index (χ0) is 19.9. The summed E-state index contributed by atoms with van der Waals surface area (Å²) in [7, 11) is 0. The van der Waals surface area contributed by atoms with Crippen molar-refractivity contribution in [2.45, 2.75) is 71.1 Å². The second kappa shape index (κ2) is 9.73. The molecule has 152 valence electrons. The van der Waals surface area contributed by atoms with Crippen LogP contribution in [0.25, 0.3) is 10.9 Å². The summed E-state index contributed by atoms with van der Waals surface area (Å²) in [6.07, 6.45) is 4.65. The van der Waals surface area contributed by atoms with Gasteiger partial charge in [0.05, 0.1) is 30.5 Å². The van der Waals surface area contributed by atoms with E-state index in [-0.39, 0.29) is 12.1 Å². The Balaban J connectivity index is 1.67. The Labute approximate surface area is 166 Å². The number of unbranched alkanes of at least 4 members (excludes halogenated alkanes) is 1. The molecule has 0 radical (unpaired) electrons. The van der Waals surface area contributed by atoms with Crippen molar-refractivity contribution in [2.75, 3.05) is 6.61 Å². The second-order valence-corrected chi connectivity index (χ2v) is 7.47. The highest BCUT2D eigenvalue weighted by atomic mass is 16.5. The van der Waals surface area contributed by atoms with E-state index in [4.69, 9.17) is 19.6 Å². The number of para-hydroxylation sites is 1. The highest BCUT2D eigenvalue weighted by Crippen LogP contribution is 2.31. The number of hydrogen-bond donors (Lipinski definition) is 2. The maximum absolute atomic E-state index is 10.8. The van der Waals surface area contributed by atoms with E-state index in [9.17, 15) is 4.79 Å². The maximum atomic E-state index is 10.8. The minimum atomic E-state index is -0.948. The van der Waals surface area contributed by atoms with Crippen molar-refractivity contribution < 1.29 is 19.4 Å². The van der Waals surface area contributed by atoms with Crippen molar-refractivity contribution in [3.05, 3.63) is 35.5 Å². The Morgan fingerprint density at radius 1 is 1.25 bits per heavy atom. The summed E-state index contributed by atoms with van der Waals surface area (Å²) in [5.41, 5.74) is 2.87. The minimum absolute atomic E-state index is 0.0384. The van der Waals surface area contributed by atoms with E-state index in [0.717, 1.165) is 66.4 Å². The fraction of sp³-hybridized carbons (Fsp3) is 0.545. The van der Waals surface area contributed by atoms with Gasteiger partial charge in [0.2, 0.25) is 0 Å². The third-order valence-corrected chi connectivity index (χ3v) is 5.38. The molecule has 0 atom stereocenters. The first-order chi connectivity index (χ1) is 13.6. The molecular weight excluding hydrogens is 356 g/mol. The zero-order valence-electron chi connectivity index (χ0n) is 16.7. The summed E-state index contributed by atoms with van der Waals surface area (Å²) >= 11 is 0. The number of pyridine rings is 1. The van der Waals surface area contributed by atoms with Crippen LogP contribution >= 0.6 is 0 Å². The lowest BCUT2D eigenvalue weighted by atomic mass is 9.93. The van der Waals surface area contributed by atoms with Crippen LogP contribution < -0.4 is 10.1 Å². The summed E-state index contributed by atoms with van der Waals surface area (Å²) in [5, 5.41) is 12.5. The predicted molar refractivity (Wildman–Crippen MR) is 109 cm³/mol. The third-order valence-electron chi connectivity index (χ3n) is 5.38. The molecule has 6 nitrogen and oxygen atoms in total. The molecule has 1 fully saturated rings. The molecule has 1 aromatic carbocycles. The van der Waals surface area contributed by atoms with Gasteiger partial charge in [0.1, 0.15) is 5.75 Å². The highest BCUT2D eigenvalue weighted by Gasteiger charge is 2.23. The first-order valence-electron chi connectivity index (χ1n) is 10.2. The Morgan fingerprint density at radius 2 is 2.00 bits per heavy atom. The minimum Gasteiger partial charge on any atom is -0.493 e. The normalized spacial score (nSPS) is 19.5. The van der Waals surface area contributed by atoms with E-state index < -0.39 is 6.09 Å². The van der Waals surface area contributed by atoms with Crippen LogP contribution in [-0.4, -0.2) is 34.9 Å². The van der Waals surface area contributed by atoms with E-state index in [0.29, 0.717) is 13.2 Å². The third kappa shape index (κ3) is 5.13. The average molecular weight is 386 g/mol. The van der Waals surface area contributed by atoms with Gasteiger partial charge in [-0.3, -0.25) is 0 Å². The van der Waals surface area contributed by atoms with E-state index >= 15 is 0 Å². The standard InChI is InChI=1S/C22H30N2O4/c1-3-4-13-27-21-15(2)20(24-19-8-6-5-7-18(19)21)14-28-17-11-9-16(10-12-17)23-22(25)26/h5-8,16-17,23H,3-4,9-14H2,1-2H3,(H,25,26). The Kier molecular flexibility index (Phi) is 7.09. The Morgan fingerprint density at radius 3 is 2.71 bits per heavy atom. The number of amides is 1. The number of fused-ring (bicyclic) bond motifs is 1. The SMILES string of the molecule is CCCCOc1c(C)c(COC2CCC(NC(=O)O)CC2)nc2ccccc12. The van der Waals surface area contributed by atoms with Gasteiger partial charge >= 0.3 is 6.09 Å². The van der Waals surface area contributed by atoms with E-state index in [1.165, 1.54) is 0 Å². The van der Waals surface area contributed by atoms with Crippen LogP contribution in [0, 0.1) is 6.92 Å². The molecular formula is C22H30N2O4. The summed E-state index contributed by atoms with van der Waals surface area (Å²) in [4.78, 5) is 15.6. The van der Waals surface area contributed by atoms with Crippen LogP contribution in [0.5, 0.6) is 5.75 Å². The lowest BCUT2D eigenvalue weighted by Gasteiger charge is -2.28. The van der Waals surface area contributed by atoms with Gasteiger partial charge in [0, 0.05) is 17.0 Å². The van der Waals surface area contributed by atoms with Crippen molar-refractivity contribution >= 4 is 17.0 Å².